The van der Waals surface area contributed by atoms with Crippen LogP contribution in [-0.4, -0.2) is 50.4 Å². The van der Waals surface area contributed by atoms with E-state index in [0.29, 0.717) is 48.9 Å². The maximum atomic E-state index is 12.4. The zero-order valence-corrected chi connectivity index (χ0v) is 19.9. The Morgan fingerprint density at radius 2 is 1.54 bits per heavy atom. The summed E-state index contributed by atoms with van der Waals surface area (Å²) in [6, 6.07) is 22.1. The number of hydrogen-bond donors (Lipinski definition) is 1. The number of Topliss-reactive ketones (excluding diaryl/α,β-unsaturated/α-hetero) is 1. The van der Waals surface area contributed by atoms with Gasteiger partial charge in [0, 0.05) is 31.9 Å². The van der Waals surface area contributed by atoms with Crippen molar-refractivity contribution in [1.29, 1.82) is 0 Å². The highest BCUT2D eigenvalue weighted by molar-refractivity contribution is 5.97. The summed E-state index contributed by atoms with van der Waals surface area (Å²) in [6.45, 7) is 0.866. The minimum absolute atomic E-state index is 0.0665. The minimum atomic E-state index is -1.01. The lowest BCUT2D eigenvalue weighted by molar-refractivity contribution is -0.148. The molecule has 3 rings (SSSR count). The second kappa shape index (κ2) is 13.2. The Labute approximate surface area is 205 Å². The fourth-order valence-corrected chi connectivity index (χ4v) is 3.50. The normalized spacial score (nSPS) is 11.5. The van der Waals surface area contributed by atoms with Gasteiger partial charge in [-0.1, -0.05) is 36.4 Å². The summed E-state index contributed by atoms with van der Waals surface area (Å²) < 4.78 is 21.9. The average molecular weight is 479 g/mol. The van der Waals surface area contributed by atoms with Gasteiger partial charge in [-0.3, -0.25) is 4.79 Å². The number of methoxy groups -OCH3 is 2. The fourth-order valence-electron chi connectivity index (χ4n) is 3.50. The van der Waals surface area contributed by atoms with Crippen LogP contribution >= 0.6 is 0 Å². The van der Waals surface area contributed by atoms with Gasteiger partial charge in [-0.25, -0.2) is 4.79 Å². The Bertz CT molecular complexity index is 1090. The van der Waals surface area contributed by atoms with Crippen molar-refractivity contribution in [1.82, 2.24) is 0 Å². The molecule has 3 aromatic rings. The van der Waals surface area contributed by atoms with E-state index in [-0.39, 0.29) is 12.2 Å². The van der Waals surface area contributed by atoms with Crippen molar-refractivity contribution in [2.45, 2.75) is 25.4 Å². The van der Waals surface area contributed by atoms with Crippen molar-refractivity contribution in [2.75, 3.05) is 27.4 Å². The lowest BCUT2D eigenvalue weighted by Gasteiger charge is -2.14. The van der Waals surface area contributed by atoms with E-state index in [9.17, 15) is 9.59 Å². The third-order valence-corrected chi connectivity index (χ3v) is 5.41. The van der Waals surface area contributed by atoms with Crippen LogP contribution in [0.15, 0.2) is 72.8 Å². The van der Waals surface area contributed by atoms with Crippen molar-refractivity contribution in [3.05, 3.63) is 89.5 Å². The van der Waals surface area contributed by atoms with Crippen LogP contribution in [0.3, 0.4) is 0 Å². The predicted octanol–water partition coefficient (Wildman–Crippen LogP) is 4.61. The molecule has 0 saturated heterocycles. The molecule has 0 aliphatic rings. The van der Waals surface area contributed by atoms with Crippen LogP contribution in [0.5, 0.6) is 17.2 Å². The molecule has 0 aliphatic heterocycles. The van der Waals surface area contributed by atoms with Gasteiger partial charge in [-0.15, -0.1) is 0 Å². The van der Waals surface area contributed by atoms with E-state index in [1.165, 1.54) is 14.2 Å². The van der Waals surface area contributed by atoms with Crippen LogP contribution in [0.2, 0.25) is 0 Å². The Morgan fingerprint density at radius 3 is 2.20 bits per heavy atom. The number of carbonyl (C=O) groups is 2. The van der Waals surface area contributed by atoms with Crippen LogP contribution < -0.4 is 14.2 Å². The zero-order chi connectivity index (χ0) is 25.0. The van der Waals surface area contributed by atoms with Gasteiger partial charge in [-0.2, -0.15) is 0 Å². The van der Waals surface area contributed by atoms with Crippen LogP contribution in [-0.2, 0) is 22.4 Å². The minimum Gasteiger partial charge on any atom is -0.493 e. The highest BCUT2D eigenvalue weighted by atomic mass is 16.5. The SMILES string of the molecule is COc1cc(CC(OC)C(=O)O)ccc1OCCCOc1ccc(C(=O)Cc2ccccc2)cc1. The van der Waals surface area contributed by atoms with E-state index in [4.69, 9.17) is 24.1 Å². The van der Waals surface area contributed by atoms with Gasteiger partial charge in [0.15, 0.2) is 23.4 Å². The van der Waals surface area contributed by atoms with E-state index in [2.05, 4.69) is 0 Å². The monoisotopic (exact) mass is 478 g/mol. The number of ketones is 1. The molecule has 7 heteroatoms. The van der Waals surface area contributed by atoms with Crippen molar-refractivity contribution in [3.63, 3.8) is 0 Å². The molecule has 184 valence electrons. The molecule has 0 saturated carbocycles. The van der Waals surface area contributed by atoms with Gasteiger partial charge in [-0.05, 0) is 47.5 Å². The van der Waals surface area contributed by atoms with Crippen molar-refractivity contribution in [2.24, 2.45) is 0 Å². The Morgan fingerprint density at radius 1 is 0.829 bits per heavy atom. The van der Waals surface area contributed by atoms with Crippen LogP contribution in [0.4, 0.5) is 0 Å². The Hall–Kier alpha value is -3.84. The first kappa shape index (κ1) is 25.8. The third kappa shape index (κ3) is 7.86. The quantitative estimate of drug-likeness (QED) is 0.267. The number of carbonyl (C=O) groups excluding carboxylic acids is 1. The van der Waals surface area contributed by atoms with E-state index >= 15 is 0 Å². The Kier molecular flexibility index (Phi) is 9.69. The number of carboxylic acid groups (broad SMARTS) is 1. The van der Waals surface area contributed by atoms with Crippen LogP contribution in [0, 0.1) is 0 Å². The summed E-state index contributed by atoms with van der Waals surface area (Å²) in [7, 11) is 2.91. The van der Waals surface area contributed by atoms with Crippen molar-refractivity contribution < 1.29 is 33.6 Å². The van der Waals surface area contributed by atoms with Crippen molar-refractivity contribution in [3.8, 4) is 17.2 Å². The molecule has 0 aliphatic carbocycles. The molecule has 0 fully saturated rings. The van der Waals surface area contributed by atoms with Gasteiger partial charge in [0.05, 0.1) is 20.3 Å². The molecule has 1 N–H and O–H groups in total. The summed E-state index contributed by atoms with van der Waals surface area (Å²) in [5, 5.41) is 9.15. The van der Waals surface area contributed by atoms with Gasteiger partial charge in [0.2, 0.25) is 0 Å². The average Bonchev–Trinajstić information content (AvgIpc) is 2.88. The maximum absolute atomic E-state index is 12.4. The van der Waals surface area contributed by atoms with Gasteiger partial charge >= 0.3 is 5.97 Å². The molecular formula is C28H30O7. The summed E-state index contributed by atoms with van der Waals surface area (Å²) >= 11 is 0. The number of hydrogen-bond acceptors (Lipinski definition) is 6. The van der Waals surface area contributed by atoms with Gasteiger partial charge in [0.1, 0.15) is 5.75 Å². The summed E-state index contributed by atoms with van der Waals surface area (Å²) in [5.41, 5.74) is 2.42. The molecule has 0 heterocycles. The number of carboxylic acids is 1. The second-order valence-corrected chi connectivity index (χ2v) is 7.91. The largest absolute Gasteiger partial charge is 0.493 e. The zero-order valence-electron chi connectivity index (χ0n) is 19.9. The highest BCUT2D eigenvalue weighted by Crippen LogP contribution is 2.29. The molecule has 35 heavy (non-hydrogen) atoms. The van der Waals surface area contributed by atoms with Gasteiger partial charge < -0.3 is 24.1 Å². The number of aliphatic carboxylic acids is 1. The van der Waals surface area contributed by atoms with E-state index in [1.807, 2.05) is 30.3 Å². The Balaban J connectivity index is 1.43. The summed E-state index contributed by atoms with van der Waals surface area (Å²) in [5.74, 6) is 0.840. The van der Waals surface area contributed by atoms with Gasteiger partial charge in [0.25, 0.3) is 0 Å². The molecule has 0 radical (unpaired) electrons. The third-order valence-electron chi connectivity index (χ3n) is 5.41. The molecule has 0 bridgehead atoms. The molecule has 0 aromatic heterocycles. The van der Waals surface area contributed by atoms with E-state index in [1.54, 1.807) is 42.5 Å². The van der Waals surface area contributed by atoms with Crippen molar-refractivity contribution >= 4 is 11.8 Å². The first-order valence-electron chi connectivity index (χ1n) is 11.4. The molecule has 0 amide bonds. The second-order valence-electron chi connectivity index (χ2n) is 7.91. The number of benzene rings is 3. The number of rotatable bonds is 14. The van der Waals surface area contributed by atoms with E-state index < -0.39 is 12.1 Å². The standard InChI is InChI=1S/C28H30O7/c1-32-26-18-21(19-27(33-2)28(30)31)9-14-25(26)35-16-6-15-34-23-12-10-22(11-13-23)24(29)17-20-7-4-3-5-8-20/h3-5,7-14,18,27H,6,15-17,19H2,1-2H3,(H,30,31). The summed E-state index contributed by atoms with van der Waals surface area (Å²) in [4.78, 5) is 23.6. The topological polar surface area (TPSA) is 91.3 Å². The molecule has 0 spiro atoms. The first-order valence-corrected chi connectivity index (χ1v) is 11.4. The smallest absolute Gasteiger partial charge is 0.333 e. The van der Waals surface area contributed by atoms with Crippen LogP contribution in [0.1, 0.15) is 27.9 Å². The predicted molar refractivity (Wildman–Crippen MR) is 132 cm³/mol. The summed E-state index contributed by atoms with van der Waals surface area (Å²) in [6.07, 6.45) is 0.326. The molecule has 1 unspecified atom stereocenters. The number of ether oxygens (including phenoxy) is 4. The maximum Gasteiger partial charge on any atom is 0.333 e. The molecule has 7 nitrogen and oxygen atoms in total. The lowest BCUT2D eigenvalue weighted by atomic mass is 10.0. The molecule has 3 aromatic carbocycles. The fraction of sp³-hybridized carbons (Fsp3) is 0.286. The molecule has 1 atom stereocenters. The van der Waals surface area contributed by atoms with E-state index in [0.717, 1.165) is 11.1 Å². The highest BCUT2D eigenvalue weighted by Gasteiger charge is 2.18. The molecular weight excluding hydrogens is 448 g/mol. The first-order chi connectivity index (χ1) is 17.0. The van der Waals surface area contributed by atoms with Crippen LogP contribution in [0.25, 0.3) is 0 Å². The lowest BCUT2D eigenvalue weighted by Crippen LogP contribution is -2.24.